The summed E-state index contributed by atoms with van der Waals surface area (Å²) in [6, 6.07) is 16.5. The summed E-state index contributed by atoms with van der Waals surface area (Å²) in [5.74, 6) is -0.0683. The lowest BCUT2D eigenvalue weighted by molar-refractivity contribution is 0.326. The van der Waals surface area contributed by atoms with Crippen LogP contribution in [0.1, 0.15) is 13.8 Å². The summed E-state index contributed by atoms with van der Waals surface area (Å²) in [7, 11) is 2.02. The molecule has 0 unspecified atom stereocenters. The minimum atomic E-state index is -0.342. The normalized spacial score (nSPS) is 11.6. The van der Waals surface area contributed by atoms with E-state index in [1.54, 1.807) is 18.2 Å². The molecule has 0 spiro atoms. The lowest BCUT2D eigenvalue weighted by Crippen LogP contribution is -2.36. The summed E-state index contributed by atoms with van der Waals surface area (Å²) in [4.78, 5) is 0. The van der Waals surface area contributed by atoms with Gasteiger partial charge in [0.05, 0.1) is 5.69 Å². The van der Waals surface area contributed by atoms with Crippen molar-refractivity contribution in [2.24, 2.45) is 0 Å². The fraction of sp³-hybridized carbons (Fsp3) is 0.263. The van der Waals surface area contributed by atoms with Gasteiger partial charge in [-0.05, 0) is 36.8 Å². The monoisotopic (exact) mass is 314 g/mol. The van der Waals surface area contributed by atoms with Gasteiger partial charge in [-0.3, -0.25) is 5.01 Å². The molecule has 4 heteroatoms. The standard InChI is InChI=1S/C19H23FN2O/c1-4-21(3)22(17-10-6-5-7-11-17)14-16(2)15-23-19-13-9-8-12-18(19)20/h5-14H,4,15H2,1-3H3/b16-14+. The average molecular weight is 314 g/mol. The average Bonchev–Trinajstić information content (AvgIpc) is 2.59. The minimum Gasteiger partial charge on any atom is -0.486 e. The number of para-hydroxylation sites is 2. The summed E-state index contributed by atoms with van der Waals surface area (Å²) >= 11 is 0. The Bertz CT molecular complexity index is 643. The topological polar surface area (TPSA) is 15.7 Å². The van der Waals surface area contributed by atoms with Gasteiger partial charge in [-0.15, -0.1) is 0 Å². The number of nitrogens with zero attached hydrogens (tertiary/aromatic N) is 2. The first-order chi connectivity index (χ1) is 11.1. The van der Waals surface area contributed by atoms with Crippen LogP contribution in [0, 0.1) is 5.82 Å². The molecule has 2 aromatic carbocycles. The molecule has 122 valence electrons. The second-order valence-electron chi connectivity index (χ2n) is 5.35. The van der Waals surface area contributed by atoms with Crippen LogP contribution in [-0.4, -0.2) is 25.2 Å². The molecule has 0 atom stereocenters. The number of ether oxygens (including phenoxy) is 1. The zero-order chi connectivity index (χ0) is 16.7. The van der Waals surface area contributed by atoms with Gasteiger partial charge < -0.3 is 4.74 Å². The molecule has 2 rings (SSSR count). The Morgan fingerprint density at radius 1 is 1.09 bits per heavy atom. The Morgan fingerprint density at radius 2 is 1.74 bits per heavy atom. The van der Waals surface area contributed by atoms with Crippen molar-refractivity contribution in [3.63, 3.8) is 0 Å². The summed E-state index contributed by atoms with van der Waals surface area (Å²) in [5.41, 5.74) is 2.07. The Kier molecular flexibility index (Phi) is 6.18. The maximum absolute atomic E-state index is 13.6. The van der Waals surface area contributed by atoms with E-state index in [1.165, 1.54) is 6.07 Å². The Hall–Kier alpha value is -2.33. The third-order valence-corrected chi connectivity index (χ3v) is 3.48. The van der Waals surface area contributed by atoms with Crippen LogP contribution in [-0.2, 0) is 0 Å². The van der Waals surface area contributed by atoms with Gasteiger partial charge >= 0.3 is 0 Å². The molecule has 0 saturated carbocycles. The molecule has 0 aliphatic heterocycles. The van der Waals surface area contributed by atoms with Crippen molar-refractivity contribution in [2.75, 3.05) is 25.2 Å². The number of hydrazine groups is 1. The van der Waals surface area contributed by atoms with Crippen LogP contribution < -0.4 is 9.75 Å². The van der Waals surface area contributed by atoms with E-state index in [2.05, 4.69) is 16.9 Å². The summed E-state index contributed by atoms with van der Waals surface area (Å²) in [6.45, 7) is 5.27. The van der Waals surface area contributed by atoms with E-state index < -0.39 is 0 Å². The molecule has 0 aliphatic rings. The molecule has 0 bridgehead atoms. The predicted octanol–water partition coefficient (Wildman–Crippen LogP) is 4.48. The zero-order valence-corrected chi connectivity index (χ0v) is 13.9. The molecular formula is C19H23FN2O. The van der Waals surface area contributed by atoms with Gasteiger partial charge in [0.2, 0.25) is 0 Å². The number of anilines is 1. The highest BCUT2D eigenvalue weighted by Crippen LogP contribution is 2.19. The van der Waals surface area contributed by atoms with Crippen LogP contribution in [0.4, 0.5) is 10.1 Å². The highest BCUT2D eigenvalue weighted by atomic mass is 19.1. The first kappa shape index (κ1) is 17.0. The minimum absolute atomic E-state index is 0.273. The molecule has 0 heterocycles. The Balaban J connectivity index is 2.10. The van der Waals surface area contributed by atoms with Crippen LogP contribution in [0.5, 0.6) is 5.75 Å². The van der Waals surface area contributed by atoms with E-state index in [0.717, 1.165) is 17.8 Å². The molecule has 23 heavy (non-hydrogen) atoms. The molecule has 0 saturated heterocycles. The van der Waals surface area contributed by atoms with E-state index in [0.29, 0.717) is 6.61 Å². The van der Waals surface area contributed by atoms with Crippen LogP contribution >= 0.6 is 0 Å². The summed E-state index contributed by atoms with van der Waals surface area (Å²) in [6.07, 6.45) is 2.01. The van der Waals surface area contributed by atoms with Crippen LogP contribution in [0.15, 0.2) is 66.4 Å². The first-order valence-corrected chi connectivity index (χ1v) is 7.71. The SMILES string of the molecule is CCN(C)N(/C=C(\C)COc1ccccc1F)c1ccccc1. The van der Waals surface area contributed by atoms with Crippen molar-refractivity contribution < 1.29 is 9.13 Å². The highest BCUT2D eigenvalue weighted by Gasteiger charge is 2.09. The van der Waals surface area contributed by atoms with Gasteiger partial charge in [-0.1, -0.05) is 37.3 Å². The molecule has 3 nitrogen and oxygen atoms in total. The van der Waals surface area contributed by atoms with Gasteiger partial charge in [-0.2, -0.15) is 0 Å². The number of halogens is 1. The van der Waals surface area contributed by atoms with Crippen molar-refractivity contribution in [2.45, 2.75) is 13.8 Å². The second kappa shape index (κ2) is 8.34. The Morgan fingerprint density at radius 3 is 2.39 bits per heavy atom. The van der Waals surface area contributed by atoms with Crippen molar-refractivity contribution >= 4 is 5.69 Å². The van der Waals surface area contributed by atoms with Crippen molar-refractivity contribution in [1.82, 2.24) is 5.01 Å². The lowest BCUT2D eigenvalue weighted by atomic mass is 10.3. The molecule has 0 aromatic heterocycles. The second-order valence-corrected chi connectivity index (χ2v) is 5.35. The molecule has 0 N–H and O–H groups in total. The fourth-order valence-corrected chi connectivity index (χ4v) is 2.10. The van der Waals surface area contributed by atoms with E-state index in [4.69, 9.17) is 4.74 Å². The Labute approximate surface area is 137 Å². The smallest absolute Gasteiger partial charge is 0.165 e. The molecule has 0 amide bonds. The highest BCUT2D eigenvalue weighted by molar-refractivity contribution is 5.48. The van der Waals surface area contributed by atoms with E-state index in [1.807, 2.05) is 50.5 Å². The van der Waals surface area contributed by atoms with E-state index in [-0.39, 0.29) is 11.6 Å². The fourth-order valence-electron chi connectivity index (χ4n) is 2.10. The van der Waals surface area contributed by atoms with Crippen LogP contribution in [0.25, 0.3) is 0 Å². The number of hydrogen-bond donors (Lipinski definition) is 0. The molecule has 0 radical (unpaired) electrons. The van der Waals surface area contributed by atoms with Gasteiger partial charge in [0.1, 0.15) is 6.61 Å². The van der Waals surface area contributed by atoms with Gasteiger partial charge in [0.25, 0.3) is 0 Å². The van der Waals surface area contributed by atoms with Crippen molar-refractivity contribution in [3.8, 4) is 5.75 Å². The maximum Gasteiger partial charge on any atom is 0.165 e. The quantitative estimate of drug-likeness (QED) is 0.701. The maximum atomic E-state index is 13.6. The van der Waals surface area contributed by atoms with Gasteiger partial charge in [0, 0.05) is 19.8 Å². The van der Waals surface area contributed by atoms with E-state index >= 15 is 0 Å². The van der Waals surface area contributed by atoms with Crippen LogP contribution in [0.3, 0.4) is 0 Å². The lowest BCUT2D eigenvalue weighted by Gasteiger charge is -2.30. The summed E-state index contributed by atoms with van der Waals surface area (Å²) < 4.78 is 19.1. The summed E-state index contributed by atoms with van der Waals surface area (Å²) in [5, 5.41) is 4.17. The molecule has 0 aliphatic carbocycles. The third kappa shape index (κ3) is 4.83. The largest absolute Gasteiger partial charge is 0.486 e. The third-order valence-electron chi connectivity index (χ3n) is 3.48. The first-order valence-electron chi connectivity index (χ1n) is 7.71. The molecule has 0 fully saturated rings. The number of benzene rings is 2. The molecule has 2 aromatic rings. The van der Waals surface area contributed by atoms with Crippen LogP contribution in [0.2, 0.25) is 0 Å². The van der Waals surface area contributed by atoms with Crippen molar-refractivity contribution in [1.29, 1.82) is 0 Å². The predicted molar refractivity (Wildman–Crippen MR) is 92.9 cm³/mol. The van der Waals surface area contributed by atoms with Gasteiger partial charge in [0.15, 0.2) is 11.6 Å². The van der Waals surface area contributed by atoms with Crippen molar-refractivity contribution in [3.05, 3.63) is 72.2 Å². The van der Waals surface area contributed by atoms with E-state index in [9.17, 15) is 4.39 Å². The zero-order valence-electron chi connectivity index (χ0n) is 13.9. The number of rotatable bonds is 7. The molecular weight excluding hydrogens is 291 g/mol. The number of hydrogen-bond acceptors (Lipinski definition) is 3. The van der Waals surface area contributed by atoms with Gasteiger partial charge in [-0.25, -0.2) is 9.40 Å².